The predicted octanol–water partition coefficient (Wildman–Crippen LogP) is 2.59. The van der Waals surface area contributed by atoms with E-state index in [0.29, 0.717) is 5.69 Å². The van der Waals surface area contributed by atoms with Crippen LogP contribution < -0.4 is 9.62 Å². The van der Waals surface area contributed by atoms with Crippen LogP contribution >= 0.6 is 0 Å². The molecular formula is C16H26N2O4S. The Labute approximate surface area is 138 Å². The number of hydrogen-bond donors (Lipinski definition) is 1. The van der Waals surface area contributed by atoms with Crippen molar-refractivity contribution in [2.45, 2.75) is 40.2 Å². The van der Waals surface area contributed by atoms with E-state index in [1.165, 1.54) is 4.31 Å². The van der Waals surface area contributed by atoms with Crippen LogP contribution in [-0.4, -0.2) is 39.5 Å². The first-order valence-electron chi connectivity index (χ1n) is 7.42. The second-order valence-corrected chi connectivity index (χ2v) is 8.46. The van der Waals surface area contributed by atoms with Crippen LogP contribution in [0, 0.1) is 13.8 Å². The number of anilines is 1. The van der Waals surface area contributed by atoms with Crippen LogP contribution in [-0.2, 0) is 14.8 Å². The smallest absolute Gasteiger partial charge is 0.407 e. The molecule has 130 valence electrons. The summed E-state index contributed by atoms with van der Waals surface area (Å²) in [5, 5.41) is 2.58. The zero-order chi connectivity index (χ0) is 17.8. The zero-order valence-corrected chi connectivity index (χ0v) is 15.5. The predicted molar refractivity (Wildman–Crippen MR) is 92.3 cm³/mol. The molecule has 0 saturated heterocycles. The second-order valence-electron chi connectivity index (χ2n) is 6.55. The first-order chi connectivity index (χ1) is 10.4. The van der Waals surface area contributed by atoms with E-state index >= 15 is 0 Å². The van der Waals surface area contributed by atoms with Gasteiger partial charge in [0.15, 0.2) is 0 Å². The Morgan fingerprint density at radius 2 is 1.87 bits per heavy atom. The number of nitrogens with one attached hydrogen (secondary N) is 1. The van der Waals surface area contributed by atoms with Gasteiger partial charge in [-0.25, -0.2) is 13.2 Å². The lowest BCUT2D eigenvalue weighted by molar-refractivity contribution is 0.0529. The summed E-state index contributed by atoms with van der Waals surface area (Å²) in [7, 11) is -3.45. The van der Waals surface area contributed by atoms with E-state index in [1.807, 2.05) is 32.0 Å². The van der Waals surface area contributed by atoms with Gasteiger partial charge in [0.2, 0.25) is 10.0 Å². The summed E-state index contributed by atoms with van der Waals surface area (Å²) in [5.41, 5.74) is 1.87. The van der Waals surface area contributed by atoms with E-state index in [2.05, 4.69) is 5.32 Å². The third-order valence-corrected chi connectivity index (χ3v) is 4.20. The normalized spacial score (nSPS) is 11.9. The molecule has 0 fully saturated rings. The number of carbonyl (C=O) groups is 1. The molecule has 0 aliphatic carbocycles. The van der Waals surface area contributed by atoms with E-state index in [-0.39, 0.29) is 13.1 Å². The van der Waals surface area contributed by atoms with Crippen molar-refractivity contribution >= 4 is 21.8 Å². The van der Waals surface area contributed by atoms with Crippen molar-refractivity contribution in [3.8, 4) is 0 Å². The Bertz CT molecular complexity index is 663. The van der Waals surface area contributed by atoms with Crippen molar-refractivity contribution in [2.75, 3.05) is 23.7 Å². The van der Waals surface area contributed by atoms with Crippen LogP contribution in [0.25, 0.3) is 0 Å². The molecule has 0 heterocycles. The van der Waals surface area contributed by atoms with Gasteiger partial charge in [-0.05, 0) is 51.8 Å². The number of hydrogen-bond acceptors (Lipinski definition) is 4. The number of alkyl carbamates (subject to hydrolysis) is 1. The first-order valence-corrected chi connectivity index (χ1v) is 9.27. The molecule has 0 atom stereocenters. The van der Waals surface area contributed by atoms with Gasteiger partial charge in [0.05, 0.1) is 18.5 Å². The summed E-state index contributed by atoms with van der Waals surface area (Å²) in [6, 6.07) is 5.63. The fraction of sp³-hybridized carbons (Fsp3) is 0.562. The van der Waals surface area contributed by atoms with Gasteiger partial charge in [-0.1, -0.05) is 12.1 Å². The maximum atomic E-state index is 12.1. The molecule has 0 radical (unpaired) electrons. The Kier molecular flexibility index (Phi) is 6.04. The number of benzene rings is 1. The number of aryl methyl sites for hydroxylation is 2. The average Bonchev–Trinajstić information content (AvgIpc) is 2.34. The summed E-state index contributed by atoms with van der Waals surface area (Å²) >= 11 is 0. The number of nitrogens with zero attached hydrogens (tertiary/aromatic N) is 1. The second kappa shape index (κ2) is 7.21. The molecule has 0 aliphatic rings. The van der Waals surface area contributed by atoms with Gasteiger partial charge in [-0.15, -0.1) is 0 Å². The number of rotatable bonds is 5. The van der Waals surface area contributed by atoms with Gasteiger partial charge in [0.1, 0.15) is 5.60 Å². The van der Waals surface area contributed by atoms with Crippen LogP contribution in [0.5, 0.6) is 0 Å². The van der Waals surface area contributed by atoms with Crippen molar-refractivity contribution < 1.29 is 17.9 Å². The molecule has 0 spiro atoms. The number of sulfonamides is 1. The summed E-state index contributed by atoms with van der Waals surface area (Å²) in [6.45, 7) is 9.37. The first kappa shape index (κ1) is 19.3. The molecule has 1 aromatic rings. The minimum absolute atomic E-state index is 0.141. The van der Waals surface area contributed by atoms with Crippen molar-refractivity contribution in [3.05, 3.63) is 29.3 Å². The summed E-state index contributed by atoms with van der Waals surface area (Å²) < 4.78 is 30.6. The lowest BCUT2D eigenvalue weighted by Gasteiger charge is -2.25. The Hall–Kier alpha value is -1.76. The number of amides is 1. The van der Waals surface area contributed by atoms with Gasteiger partial charge in [0.25, 0.3) is 0 Å². The fourth-order valence-corrected chi connectivity index (χ4v) is 3.00. The van der Waals surface area contributed by atoms with Crippen LogP contribution in [0.3, 0.4) is 0 Å². The highest BCUT2D eigenvalue weighted by Gasteiger charge is 2.20. The van der Waals surface area contributed by atoms with Crippen LogP contribution in [0.15, 0.2) is 18.2 Å². The molecule has 7 heteroatoms. The lowest BCUT2D eigenvalue weighted by atomic mass is 10.1. The van der Waals surface area contributed by atoms with E-state index in [0.717, 1.165) is 17.4 Å². The summed E-state index contributed by atoms with van der Waals surface area (Å²) in [6.07, 6.45) is 0.592. The molecule has 0 unspecified atom stereocenters. The van der Waals surface area contributed by atoms with Gasteiger partial charge in [0, 0.05) is 6.54 Å². The molecule has 1 aromatic carbocycles. The SMILES string of the molecule is Cc1ccc(C)c(N(CCNC(=O)OC(C)(C)C)S(C)(=O)=O)c1. The quantitative estimate of drug-likeness (QED) is 0.892. The molecule has 6 nitrogen and oxygen atoms in total. The van der Waals surface area contributed by atoms with Crippen molar-refractivity contribution in [1.82, 2.24) is 5.32 Å². The lowest BCUT2D eigenvalue weighted by Crippen LogP contribution is -2.40. The van der Waals surface area contributed by atoms with E-state index < -0.39 is 21.7 Å². The summed E-state index contributed by atoms with van der Waals surface area (Å²) in [4.78, 5) is 11.6. The molecular weight excluding hydrogens is 316 g/mol. The Morgan fingerprint density at radius 3 is 2.39 bits per heavy atom. The molecule has 1 amide bonds. The highest BCUT2D eigenvalue weighted by Crippen LogP contribution is 2.23. The topological polar surface area (TPSA) is 75.7 Å². The monoisotopic (exact) mass is 342 g/mol. The average molecular weight is 342 g/mol. The maximum Gasteiger partial charge on any atom is 0.407 e. The molecule has 0 aromatic heterocycles. The molecule has 23 heavy (non-hydrogen) atoms. The van der Waals surface area contributed by atoms with Crippen molar-refractivity contribution in [2.24, 2.45) is 0 Å². The van der Waals surface area contributed by atoms with Crippen LogP contribution in [0.2, 0.25) is 0 Å². The van der Waals surface area contributed by atoms with E-state index in [1.54, 1.807) is 20.8 Å². The molecule has 0 bridgehead atoms. The highest BCUT2D eigenvalue weighted by molar-refractivity contribution is 7.92. The number of ether oxygens (including phenoxy) is 1. The molecule has 1 N–H and O–H groups in total. The minimum Gasteiger partial charge on any atom is -0.444 e. The Balaban J connectivity index is 2.83. The van der Waals surface area contributed by atoms with Gasteiger partial charge < -0.3 is 10.1 Å². The van der Waals surface area contributed by atoms with Crippen molar-refractivity contribution in [1.29, 1.82) is 0 Å². The fourth-order valence-electron chi connectivity index (χ4n) is 2.03. The van der Waals surface area contributed by atoms with Gasteiger partial charge >= 0.3 is 6.09 Å². The van der Waals surface area contributed by atoms with E-state index in [4.69, 9.17) is 4.74 Å². The molecule has 0 aliphatic heterocycles. The Morgan fingerprint density at radius 1 is 1.26 bits per heavy atom. The van der Waals surface area contributed by atoms with Gasteiger partial charge in [-0.2, -0.15) is 0 Å². The van der Waals surface area contributed by atoms with E-state index in [9.17, 15) is 13.2 Å². The third kappa shape index (κ3) is 6.48. The van der Waals surface area contributed by atoms with Crippen molar-refractivity contribution in [3.63, 3.8) is 0 Å². The third-order valence-electron chi connectivity index (χ3n) is 3.02. The highest BCUT2D eigenvalue weighted by atomic mass is 32.2. The molecule has 1 rings (SSSR count). The standard InChI is InChI=1S/C16H26N2O4S/c1-12-7-8-13(2)14(11-12)18(23(6,20)21)10-9-17-15(19)22-16(3,4)5/h7-8,11H,9-10H2,1-6H3,(H,17,19). The minimum atomic E-state index is -3.45. The largest absolute Gasteiger partial charge is 0.444 e. The molecule has 0 saturated carbocycles. The zero-order valence-electron chi connectivity index (χ0n) is 14.6. The summed E-state index contributed by atoms with van der Waals surface area (Å²) in [5.74, 6) is 0. The van der Waals surface area contributed by atoms with Crippen LogP contribution in [0.4, 0.5) is 10.5 Å². The number of carbonyl (C=O) groups excluding carboxylic acids is 1. The van der Waals surface area contributed by atoms with Crippen LogP contribution in [0.1, 0.15) is 31.9 Å². The van der Waals surface area contributed by atoms with Gasteiger partial charge in [-0.3, -0.25) is 4.31 Å². The maximum absolute atomic E-state index is 12.1.